The third kappa shape index (κ3) is 8.58. The first-order valence-corrected chi connectivity index (χ1v) is 12.3. The van der Waals surface area contributed by atoms with E-state index in [1.807, 2.05) is 0 Å². The Hall–Kier alpha value is -3.83. The van der Waals surface area contributed by atoms with Crippen molar-refractivity contribution in [3.63, 3.8) is 0 Å². The van der Waals surface area contributed by atoms with Crippen molar-refractivity contribution in [2.24, 2.45) is 10.00 Å². The molecule has 1 aliphatic rings. The summed E-state index contributed by atoms with van der Waals surface area (Å²) in [7, 11) is 2.05. The summed E-state index contributed by atoms with van der Waals surface area (Å²) >= 11 is 0. The van der Waals surface area contributed by atoms with Crippen molar-refractivity contribution in [3.05, 3.63) is 35.9 Å². The number of carbonyl (C=O) groups is 4. The van der Waals surface area contributed by atoms with Crippen LogP contribution in [0.2, 0.25) is 6.82 Å². The second-order valence-corrected chi connectivity index (χ2v) is 8.79. The molecule has 1 aromatic rings. The average molecular weight is 583 g/mol. The van der Waals surface area contributed by atoms with E-state index in [1.165, 1.54) is 13.9 Å². The number of aliphatic hydroxyl groups is 2. The molecule has 0 spiro atoms. The molecule has 14 nitrogen and oxygen atoms in total. The van der Waals surface area contributed by atoms with E-state index in [0.29, 0.717) is 5.56 Å². The summed E-state index contributed by atoms with van der Waals surface area (Å²) < 4.78 is 46.1. The van der Waals surface area contributed by atoms with Gasteiger partial charge in [-0.15, -0.1) is 0 Å². The minimum atomic E-state index is -3.86. The molecule has 1 fully saturated rings. The molecule has 1 heterocycles. The van der Waals surface area contributed by atoms with E-state index in [1.54, 1.807) is 30.3 Å². The maximum atomic E-state index is 15.9. The average Bonchev–Trinajstić information content (AvgIpc) is 2.95. The zero-order chi connectivity index (χ0) is 30.7. The first kappa shape index (κ1) is 33.4. The first-order valence-electron chi connectivity index (χ1n) is 12.3. The molecule has 5 N–H and O–H groups in total. The third-order valence-corrected chi connectivity index (χ3v) is 5.85. The summed E-state index contributed by atoms with van der Waals surface area (Å²) in [6, 6.07) is 4.45. The van der Waals surface area contributed by atoms with Crippen LogP contribution >= 0.6 is 0 Å². The number of Topliss-reactive ketones (excluding diaryl/α,β-unsaturated/α-hetero) is 1. The third-order valence-electron chi connectivity index (χ3n) is 5.85. The van der Waals surface area contributed by atoms with Crippen LogP contribution in [0.5, 0.6) is 0 Å². The zero-order valence-electron chi connectivity index (χ0n) is 22.7. The number of methoxy groups -OCH3 is 1. The van der Waals surface area contributed by atoms with Crippen LogP contribution in [0.15, 0.2) is 40.3 Å². The van der Waals surface area contributed by atoms with Crippen molar-refractivity contribution in [1.29, 1.82) is 0 Å². The number of rotatable bonds is 11. The van der Waals surface area contributed by atoms with Crippen molar-refractivity contribution in [2.75, 3.05) is 20.3 Å². The summed E-state index contributed by atoms with van der Waals surface area (Å²) in [4.78, 5) is 52.6. The number of halogens is 2. The van der Waals surface area contributed by atoms with Crippen LogP contribution in [0.25, 0.3) is 0 Å². The Morgan fingerprint density at radius 2 is 1.83 bits per heavy atom. The molecule has 0 radical (unpaired) electrons. The quantitative estimate of drug-likeness (QED) is 0.0535. The molecule has 1 amide bonds. The number of nitrogens with zero attached hydrogens (tertiary/aromatic N) is 2. The van der Waals surface area contributed by atoms with E-state index < -0.39 is 79.2 Å². The molecule has 17 heteroatoms. The molecule has 1 saturated heterocycles. The summed E-state index contributed by atoms with van der Waals surface area (Å²) in [6.45, 7) is 2.06. The van der Waals surface area contributed by atoms with Gasteiger partial charge in [0.15, 0.2) is 0 Å². The van der Waals surface area contributed by atoms with E-state index in [4.69, 9.17) is 9.47 Å². The van der Waals surface area contributed by atoms with Crippen molar-refractivity contribution < 1.29 is 52.4 Å². The van der Waals surface area contributed by atoms with Crippen molar-refractivity contribution >= 4 is 36.7 Å². The Morgan fingerprint density at radius 3 is 2.37 bits per heavy atom. The van der Waals surface area contributed by atoms with Gasteiger partial charge >= 0.3 is 234 Å². The van der Waals surface area contributed by atoms with Gasteiger partial charge in [-0.05, 0) is 0 Å². The molecular weight excluding hydrogens is 551 g/mol. The number of guanidine groups is 1. The second-order valence-electron chi connectivity index (χ2n) is 8.79. The van der Waals surface area contributed by atoms with Gasteiger partial charge in [0, 0.05) is 0 Å². The first-order chi connectivity index (χ1) is 19.4. The number of aliphatic hydroxyl groups excluding tert-OH is 2. The monoisotopic (exact) mass is 583 g/mol. The molecule has 2 rings (SSSR count). The molecule has 41 heavy (non-hydrogen) atoms. The summed E-state index contributed by atoms with van der Waals surface area (Å²) in [5.41, 5.74) is 2.74. The van der Waals surface area contributed by atoms with Gasteiger partial charge in [-0.2, -0.15) is 0 Å². The fourth-order valence-electron chi connectivity index (χ4n) is 4.01. The SMILES string of the molecule is CB=NNC(=NCC(=O)c1ccccc1)NC1[C@@H](NC(C)=O)C([C@H](O)[C@@H](CO)OC(C)=O)O[C@@](F)(C(=O)OC)[C@H]1F. The van der Waals surface area contributed by atoms with Crippen LogP contribution in [0.3, 0.4) is 0 Å². The number of alkyl halides is 2. The van der Waals surface area contributed by atoms with Gasteiger partial charge in [-0.1, -0.05) is 0 Å². The molecule has 0 aromatic heterocycles. The standard InChI is InChI=1S/C24H32BF2N5O9/c1-12(34)29-17-18(30-23(31-32-25-3)28-10-15(36)14-8-6-5-7-9-14)21(26)24(27,22(38)39-4)41-20(17)19(37)16(11-33)40-13(2)35/h5-9,16-21,33,37H,10-11H2,1-4H3,(H,29,34)(H2,28,30,31)/t16-,17-,18?,19-,20?,21+,24-/m1/s1. The van der Waals surface area contributed by atoms with Crippen LogP contribution in [-0.4, -0.2) is 110 Å². The van der Waals surface area contributed by atoms with E-state index in [2.05, 4.69) is 30.8 Å². The van der Waals surface area contributed by atoms with Crippen LogP contribution in [0.1, 0.15) is 24.2 Å². The Bertz CT molecular complexity index is 1150. The number of carbonyl (C=O) groups excluding carboxylic acids is 4. The number of aliphatic imine (C=N–C) groups is 1. The zero-order valence-corrected chi connectivity index (χ0v) is 22.7. The molecule has 224 valence electrons. The number of esters is 2. The fourth-order valence-corrected chi connectivity index (χ4v) is 4.01. The van der Waals surface area contributed by atoms with Gasteiger partial charge in [-0.3, -0.25) is 0 Å². The molecule has 2 unspecified atom stereocenters. The van der Waals surface area contributed by atoms with Crippen LogP contribution in [0.4, 0.5) is 8.78 Å². The molecule has 1 aromatic carbocycles. The summed E-state index contributed by atoms with van der Waals surface area (Å²) in [5, 5.41) is 29.2. The van der Waals surface area contributed by atoms with Gasteiger partial charge in [0.25, 0.3) is 0 Å². The number of nitrogens with one attached hydrogen (secondary N) is 3. The second kappa shape index (κ2) is 15.3. The molecular formula is C24H32BF2N5O9. The number of amides is 1. The van der Waals surface area contributed by atoms with Crippen molar-refractivity contribution in [2.45, 2.75) is 63.1 Å². The number of ether oxygens (including phenoxy) is 3. The number of hydrogen-bond donors (Lipinski definition) is 5. The van der Waals surface area contributed by atoms with Crippen molar-refractivity contribution in [1.82, 2.24) is 16.1 Å². The van der Waals surface area contributed by atoms with E-state index in [-0.39, 0.29) is 5.96 Å². The van der Waals surface area contributed by atoms with Gasteiger partial charge in [0.05, 0.1) is 0 Å². The normalized spacial score (nSPS) is 25.8. The van der Waals surface area contributed by atoms with E-state index in [0.717, 1.165) is 21.0 Å². The van der Waals surface area contributed by atoms with Gasteiger partial charge in [-0.25, -0.2) is 0 Å². The Morgan fingerprint density at radius 1 is 1.17 bits per heavy atom. The predicted molar refractivity (Wildman–Crippen MR) is 139 cm³/mol. The van der Waals surface area contributed by atoms with E-state index >= 15 is 8.78 Å². The number of hydrogen-bond acceptors (Lipinski definition) is 11. The van der Waals surface area contributed by atoms with Crippen LogP contribution in [0, 0.1) is 0 Å². The molecule has 0 aliphatic carbocycles. The Balaban J connectivity index is 2.57. The van der Waals surface area contributed by atoms with Crippen LogP contribution in [-0.2, 0) is 28.6 Å². The summed E-state index contributed by atoms with van der Waals surface area (Å²) in [5.74, 6) is -8.22. The molecule has 1 aliphatic heterocycles. The minimum absolute atomic E-state index is 0.317. The molecule has 0 saturated carbocycles. The maximum absolute atomic E-state index is 15.9. The van der Waals surface area contributed by atoms with Crippen molar-refractivity contribution in [3.8, 4) is 0 Å². The summed E-state index contributed by atoms with van der Waals surface area (Å²) in [6.07, 6.45) is -8.75. The topological polar surface area (TPSA) is 197 Å². The fraction of sp³-hybridized carbons (Fsp3) is 0.542. The predicted octanol–water partition coefficient (Wildman–Crippen LogP) is -1.01. The van der Waals surface area contributed by atoms with Gasteiger partial charge < -0.3 is 0 Å². The Labute approximate surface area is 234 Å². The van der Waals surface area contributed by atoms with Gasteiger partial charge in [0.2, 0.25) is 0 Å². The Kier molecular flexibility index (Phi) is 12.4. The van der Waals surface area contributed by atoms with Gasteiger partial charge in [0.1, 0.15) is 0 Å². The number of benzene rings is 1. The number of ketones is 1. The van der Waals surface area contributed by atoms with E-state index in [9.17, 15) is 29.4 Å². The van der Waals surface area contributed by atoms with Crippen LogP contribution < -0.4 is 16.1 Å². The molecule has 7 atom stereocenters. The molecule has 0 bridgehead atoms.